The van der Waals surface area contributed by atoms with Gasteiger partial charge in [-0.2, -0.15) is 0 Å². The number of hydrogen-bond acceptors (Lipinski definition) is 8. The van der Waals surface area contributed by atoms with Gasteiger partial charge in [0.25, 0.3) is 0 Å². The molecule has 11 heteroatoms. The Morgan fingerprint density at radius 1 is 0.960 bits per heavy atom. The first-order chi connectivity index (χ1) is 24.3. The number of benzene rings is 3. The third-order valence-electron chi connectivity index (χ3n) is 9.38. The van der Waals surface area contributed by atoms with Gasteiger partial charge in [-0.15, -0.1) is 0 Å². The SMILES string of the molecule is COc1c(N2CCNC(C)C2)c(F)cc2c(=O)cc(CCOCCOCCOC(=O)C(C)c3ccc(-c4ccccc4)c(F)c3)n(C3CC3)c12. The largest absolute Gasteiger partial charge is 0.492 e. The summed E-state index contributed by atoms with van der Waals surface area (Å²) in [6.45, 7) is 6.99. The van der Waals surface area contributed by atoms with Crippen molar-refractivity contribution in [1.29, 1.82) is 0 Å². The van der Waals surface area contributed by atoms with Gasteiger partial charge in [0.05, 0.1) is 50.4 Å². The maximum atomic E-state index is 15.6. The molecule has 0 bridgehead atoms. The summed E-state index contributed by atoms with van der Waals surface area (Å²) in [6, 6.07) is 17.4. The molecule has 4 aromatic rings. The average Bonchev–Trinajstić information content (AvgIpc) is 3.96. The van der Waals surface area contributed by atoms with E-state index in [0.29, 0.717) is 72.8 Å². The number of halogens is 2. The number of carbonyl (C=O) groups excluding carboxylic acids is 1. The average molecular weight is 690 g/mol. The fourth-order valence-electron chi connectivity index (χ4n) is 6.65. The summed E-state index contributed by atoms with van der Waals surface area (Å²) in [5.41, 5.74) is 3.41. The normalized spacial score (nSPS) is 16.8. The van der Waals surface area contributed by atoms with E-state index >= 15 is 4.39 Å². The third-order valence-corrected chi connectivity index (χ3v) is 9.38. The molecule has 2 heterocycles. The summed E-state index contributed by atoms with van der Waals surface area (Å²) < 4.78 is 55.2. The highest BCUT2D eigenvalue weighted by Crippen LogP contribution is 2.44. The minimum absolute atomic E-state index is 0.0653. The molecule has 2 atom stereocenters. The third kappa shape index (κ3) is 8.01. The maximum Gasteiger partial charge on any atom is 0.313 e. The van der Waals surface area contributed by atoms with Crippen LogP contribution in [0.4, 0.5) is 14.5 Å². The molecule has 2 unspecified atom stereocenters. The zero-order chi connectivity index (χ0) is 35.2. The van der Waals surface area contributed by atoms with Crippen LogP contribution < -0.4 is 20.4 Å². The van der Waals surface area contributed by atoms with E-state index in [9.17, 15) is 14.0 Å². The number of esters is 1. The molecule has 0 radical (unpaired) electrons. The second kappa shape index (κ2) is 16.1. The molecule has 3 aromatic carbocycles. The van der Waals surface area contributed by atoms with Crippen LogP contribution in [0.15, 0.2) is 65.5 Å². The molecule has 1 aliphatic heterocycles. The molecular formula is C39H45F2N3O6. The summed E-state index contributed by atoms with van der Waals surface area (Å²) in [4.78, 5) is 27.9. The van der Waals surface area contributed by atoms with Crippen LogP contribution in [0.25, 0.3) is 22.0 Å². The summed E-state index contributed by atoms with van der Waals surface area (Å²) in [7, 11) is 1.54. The minimum Gasteiger partial charge on any atom is -0.492 e. The zero-order valence-corrected chi connectivity index (χ0v) is 28.9. The smallest absolute Gasteiger partial charge is 0.313 e. The Bertz CT molecular complexity index is 1860. The second-order valence-corrected chi connectivity index (χ2v) is 13.0. The molecule has 9 nitrogen and oxygen atoms in total. The van der Waals surface area contributed by atoms with Crippen molar-refractivity contribution >= 4 is 22.6 Å². The van der Waals surface area contributed by atoms with E-state index in [0.717, 1.165) is 30.6 Å². The van der Waals surface area contributed by atoms with Gasteiger partial charge < -0.3 is 33.7 Å². The van der Waals surface area contributed by atoms with Crippen LogP contribution >= 0.6 is 0 Å². The molecule has 0 spiro atoms. The topological polar surface area (TPSA) is 91.3 Å². The maximum absolute atomic E-state index is 15.6. The molecule has 1 saturated carbocycles. The van der Waals surface area contributed by atoms with Crippen molar-refractivity contribution in [3.63, 3.8) is 0 Å². The van der Waals surface area contributed by atoms with Gasteiger partial charge in [-0.1, -0.05) is 42.5 Å². The number of anilines is 1. The fraction of sp³-hybridized carbons (Fsp3) is 0.436. The Morgan fingerprint density at radius 2 is 1.70 bits per heavy atom. The molecule has 1 aliphatic carbocycles. The van der Waals surface area contributed by atoms with Gasteiger partial charge in [-0.25, -0.2) is 8.78 Å². The van der Waals surface area contributed by atoms with E-state index in [2.05, 4.69) is 16.8 Å². The predicted octanol–water partition coefficient (Wildman–Crippen LogP) is 6.01. The van der Waals surface area contributed by atoms with Crippen molar-refractivity contribution in [1.82, 2.24) is 9.88 Å². The van der Waals surface area contributed by atoms with E-state index in [1.807, 2.05) is 35.2 Å². The van der Waals surface area contributed by atoms with Crippen molar-refractivity contribution in [3.05, 3.63) is 93.8 Å². The first-order valence-electron chi connectivity index (χ1n) is 17.4. The van der Waals surface area contributed by atoms with Gasteiger partial charge in [-0.05, 0) is 49.9 Å². The highest BCUT2D eigenvalue weighted by molar-refractivity contribution is 5.92. The summed E-state index contributed by atoms with van der Waals surface area (Å²) in [6.07, 6.45) is 2.44. The number of rotatable bonds is 15. The van der Waals surface area contributed by atoms with Gasteiger partial charge in [0.2, 0.25) is 0 Å². The van der Waals surface area contributed by atoms with Crippen LogP contribution in [0.5, 0.6) is 5.75 Å². The molecule has 2 fully saturated rings. The number of carbonyl (C=O) groups is 1. The number of nitrogens with one attached hydrogen (secondary N) is 1. The number of nitrogens with zero attached hydrogens (tertiary/aromatic N) is 2. The van der Waals surface area contributed by atoms with Crippen LogP contribution in [0.2, 0.25) is 0 Å². The van der Waals surface area contributed by atoms with E-state index in [1.54, 1.807) is 25.1 Å². The van der Waals surface area contributed by atoms with Gasteiger partial charge >= 0.3 is 5.97 Å². The summed E-state index contributed by atoms with van der Waals surface area (Å²) in [5.74, 6) is -1.53. The van der Waals surface area contributed by atoms with Gasteiger partial charge in [0.15, 0.2) is 17.0 Å². The Labute approximate surface area is 291 Å². The molecule has 2 aliphatic rings. The van der Waals surface area contributed by atoms with Crippen LogP contribution in [-0.2, 0) is 25.4 Å². The lowest BCUT2D eigenvalue weighted by Gasteiger charge is -2.35. The predicted molar refractivity (Wildman–Crippen MR) is 189 cm³/mol. The second-order valence-electron chi connectivity index (χ2n) is 13.0. The summed E-state index contributed by atoms with van der Waals surface area (Å²) >= 11 is 0. The van der Waals surface area contributed by atoms with E-state index < -0.39 is 23.5 Å². The van der Waals surface area contributed by atoms with Gasteiger partial charge in [0.1, 0.15) is 18.1 Å². The quantitative estimate of drug-likeness (QED) is 0.120. The molecular weight excluding hydrogens is 644 g/mol. The lowest BCUT2D eigenvalue weighted by molar-refractivity contribution is -0.146. The number of fused-ring (bicyclic) bond motifs is 1. The van der Waals surface area contributed by atoms with Crippen molar-refractivity contribution in [2.45, 2.75) is 51.1 Å². The van der Waals surface area contributed by atoms with Gasteiger partial charge in [-0.3, -0.25) is 9.59 Å². The van der Waals surface area contributed by atoms with Crippen molar-refractivity contribution < 1.29 is 32.5 Å². The van der Waals surface area contributed by atoms with Crippen LogP contribution in [0, 0.1) is 11.6 Å². The highest BCUT2D eigenvalue weighted by atomic mass is 19.1. The first kappa shape index (κ1) is 35.5. The molecule has 6 rings (SSSR count). The van der Waals surface area contributed by atoms with Crippen molar-refractivity contribution in [2.24, 2.45) is 0 Å². The lowest BCUT2D eigenvalue weighted by atomic mass is 9.97. The number of hydrogen-bond donors (Lipinski definition) is 1. The van der Waals surface area contributed by atoms with E-state index in [1.165, 1.54) is 19.2 Å². The van der Waals surface area contributed by atoms with Crippen molar-refractivity contribution in [2.75, 3.05) is 64.7 Å². The molecule has 50 heavy (non-hydrogen) atoms. The van der Waals surface area contributed by atoms with E-state index in [-0.39, 0.29) is 30.7 Å². The molecule has 1 saturated heterocycles. The Kier molecular flexibility index (Phi) is 11.5. The van der Waals surface area contributed by atoms with Crippen molar-refractivity contribution in [3.8, 4) is 16.9 Å². The van der Waals surface area contributed by atoms with Crippen LogP contribution in [0.1, 0.15) is 49.9 Å². The first-order valence-corrected chi connectivity index (χ1v) is 17.4. The molecule has 1 aromatic heterocycles. The fourth-order valence-corrected chi connectivity index (χ4v) is 6.65. The monoisotopic (exact) mass is 689 g/mol. The molecule has 0 amide bonds. The van der Waals surface area contributed by atoms with Gasteiger partial charge in [0, 0.05) is 55.5 Å². The number of aromatic nitrogens is 1. The Morgan fingerprint density at radius 3 is 2.40 bits per heavy atom. The lowest BCUT2D eigenvalue weighted by Crippen LogP contribution is -2.49. The number of methoxy groups -OCH3 is 1. The minimum atomic E-state index is -0.628. The van der Waals surface area contributed by atoms with Crippen LogP contribution in [-0.4, -0.2) is 76.4 Å². The van der Waals surface area contributed by atoms with Crippen LogP contribution in [0.3, 0.4) is 0 Å². The number of pyridine rings is 1. The molecule has 266 valence electrons. The van der Waals surface area contributed by atoms with E-state index in [4.69, 9.17) is 18.9 Å². The molecule has 1 N–H and O–H groups in total. The highest BCUT2D eigenvalue weighted by Gasteiger charge is 2.32. The Balaban J connectivity index is 0.988. The Hall–Kier alpha value is -4.32. The zero-order valence-electron chi connectivity index (χ0n) is 28.9. The standard InChI is InChI=1S/C39H45F2N3O6/c1-25-24-43(15-14-42-25)37-34(41)23-32-35(45)22-30(44(29-10-11-29)36(32)38(37)47-3)13-16-48-17-18-49-19-20-50-39(46)26(2)28-9-12-31(33(40)21-28)27-7-5-4-6-8-27/h4-9,12,21-23,25-26,29,42H,10-11,13-20,24H2,1-3H3. The summed E-state index contributed by atoms with van der Waals surface area (Å²) in [5, 5.41) is 3.71. The number of piperazine rings is 1. The number of ether oxygens (including phenoxy) is 4.